The maximum atomic E-state index is 4.37. The Morgan fingerprint density at radius 2 is 2.00 bits per heavy atom. The lowest BCUT2D eigenvalue weighted by molar-refractivity contribution is 0.937. The second kappa shape index (κ2) is 5.00. The van der Waals surface area contributed by atoms with Gasteiger partial charge in [-0.3, -0.25) is 0 Å². The zero-order valence-corrected chi connectivity index (χ0v) is 10.0. The summed E-state index contributed by atoms with van der Waals surface area (Å²) >= 11 is 0. The molecular weight excluding hydrogens is 226 g/mol. The average molecular weight is 241 g/mol. The first kappa shape index (κ1) is 11.0. The molecule has 0 unspecified atom stereocenters. The third-order valence-corrected chi connectivity index (χ3v) is 2.78. The number of hydrogen-bond donors (Lipinski definition) is 2. The van der Waals surface area contributed by atoms with Crippen LogP contribution in [-0.2, 0) is 6.54 Å². The summed E-state index contributed by atoms with van der Waals surface area (Å²) in [5.41, 5.74) is 1.20. The van der Waals surface area contributed by atoms with Crippen molar-refractivity contribution in [1.29, 1.82) is 0 Å². The van der Waals surface area contributed by atoms with Crippen LogP contribution in [0.3, 0.4) is 0 Å². The smallest absolute Gasteiger partial charge is 0.244 e. The number of benzene rings is 1. The first-order valence-corrected chi connectivity index (χ1v) is 6.14. The van der Waals surface area contributed by atoms with Gasteiger partial charge in [0, 0.05) is 12.6 Å². The van der Waals surface area contributed by atoms with Crippen LogP contribution in [-0.4, -0.2) is 21.2 Å². The highest BCUT2D eigenvalue weighted by atomic mass is 15.3. The second-order valence-corrected chi connectivity index (χ2v) is 4.42. The number of rotatable bonds is 5. The fourth-order valence-corrected chi connectivity index (χ4v) is 1.66. The lowest BCUT2D eigenvalue weighted by atomic mass is 10.2. The normalized spacial score (nSPS) is 14.2. The van der Waals surface area contributed by atoms with Crippen LogP contribution in [0.1, 0.15) is 18.4 Å². The molecule has 1 aromatic heterocycles. The van der Waals surface area contributed by atoms with Gasteiger partial charge in [-0.25, -0.2) is 0 Å². The Bertz CT molecular complexity index is 510. The Labute approximate surface area is 106 Å². The summed E-state index contributed by atoms with van der Waals surface area (Å²) in [6.07, 6.45) is 4.10. The van der Waals surface area contributed by atoms with E-state index in [-0.39, 0.29) is 0 Å². The molecule has 1 saturated carbocycles. The van der Waals surface area contributed by atoms with Crippen molar-refractivity contribution in [3.8, 4) is 0 Å². The third kappa shape index (κ3) is 2.94. The molecule has 1 aromatic carbocycles. The molecule has 1 aliphatic carbocycles. The van der Waals surface area contributed by atoms with Crippen molar-refractivity contribution >= 4 is 11.8 Å². The molecule has 1 heterocycles. The molecule has 0 atom stereocenters. The SMILES string of the molecule is c1ccc(CNc2nncc(NC3CC3)n2)cc1. The number of nitrogens with one attached hydrogen (secondary N) is 2. The zero-order chi connectivity index (χ0) is 12.2. The molecular formula is C13H15N5. The molecule has 1 fully saturated rings. The topological polar surface area (TPSA) is 62.7 Å². The maximum Gasteiger partial charge on any atom is 0.244 e. The summed E-state index contributed by atoms with van der Waals surface area (Å²) in [4.78, 5) is 4.37. The van der Waals surface area contributed by atoms with Gasteiger partial charge in [0.2, 0.25) is 5.95 Å². The van der Waals surface area contributed by atoms with Crippen molar-refractivity contribution < 1.29 is 0 Å². The minimum atomic E-state index is 0.560. The third-order valence-electron chi connectivity index (χ3n) is 2.78. The van der Waals surface area contributed by atoms with Gasteiger partial charge < -0.3 is 10.6 Å². The first-order chi connectivity index (χ1) is 8.90. The van der Waals surface area contributed by atoms with E-state index in [9.17, 15) is 0 Å². The molecule has 2 N–H and O–H groups in total. The number of aromatic nitrogens is 3. The fourth-order valence-electron chi connectivity index (χ4n) is 1.66. The minimum Gasteiger partial charge on any atom is -0.366 e. The molecule has 1 aliphatic rings. The molecule has 3 rings (SSSR count). The van der Waals surface area contributed by atoms with E-state index in [0.717, 1.165) is 5.82 Å². The predicted molar refractivity (Wildman–Crippen MR) is 70.2 cm³/mol. The van der Waals surface area contributed by atoms with Gasteiger partial charge in [-0.1, -0.05) is 30.3 Å². The van der Waals surface area contributed by atoms with Crippen molar-refractivity contribution in [3.63, 3.8) is 0 Å². The van der Waals surface area contributed by atoms with Crippen molar-refractivity contribution in [2.45, 2.75) is 25.4 Å². The van der Waals surface area contributed by atoms with Crippen molar-refractivity contribution in [2.75, 3.05) is 10.6 Å². The van der Waals surface area contributed by atoms with E-state index in [1.807, 2.05) is 18.2 Å². The summed E-state index contributed by atoms with van der Waals surface area (Å²) in [6.45, 7) is 0.704. The molecule has 0 amide bonds. The molecule has 0 saturated heterocycles. The Balaban J connectivity index is 1.61. The predicted octanol–water partition coefficient (Wildman–Crippen LogP) is 2.06. The Kier molecular flexibility index (Phi) is 3.04. The highest BCUT2D eigenvalue weighted by molar-refractivity contribution is 5.39. The summed E-state index contributed by atoms with van der Waals surface area (Å²) in [7, 11) is 0. The molecule has 92 valence electrons. The van der Waals surface area contributed by atoms with Gasteiger partial charge in [0.15, 0.2) is 5.82 Å². The summed E-state index contributed by atoms with van der Waals surface area (Å²) in [5, 5.41) is 14.4. The van der Waals surface area contributed by atoms with Crippen LogP contribution in [0.25, 0.3) is 0 Å². The molecule has 2 aromatic rings. The minimum absolute atomic E-state index is 0.560. The highest BCUT2D eigenvalue weighted by Gasteiger charge is 2.21. The van der Waals surface area contributed by atoms with E-state index in [1.165, 1.54) is 18.4 Å². The van der Waals surface area contributed by atoms with E-state index in [0.29, 0.717) is 18.5 Å². The quantitative estimate of drug-likeness (QED) is 0.839. The van der Waals surface area contributed by atoms with Crippen LogP contribution in [0.5, 0.6) is 0 Å². The summed E-state index contributed by atoms with van der Waals surface area (Å²) in [5.74, 6) is 1.35. The van der Waals surface area contributed by atoms with Crippen LogP contribution in [0.4, 0.5) is 11.8 Å². The molecule has 0 bridgehead atoms. The van der Waals surface area contributed by atoms with Crippen molar-refractivity contribution in [2.24, 2.45) is 0 Å². The average Bonchev–Trinajstić information content (AvgIpc) is 3.22. The van der Waals surface area contributed by atoms with E-state index in [1.54, 1.807) is 6.20 Å². The standard InChI is InChI=1S/C13H15N5/c1-2-4-10(5-3-1)8-14-13-17-12(9-15-18-13)16-11-6-7-11/h1-5,9,11H,6-8H2,(H2,14,16,17,18). The molecule has 0 radical (unpaired) electrons. The number of nitrogens with zero attached hydrogens (tertiary/aromatic N) is 3. The molecule has 5 heteroatoms. The fraction of sp³-hybridized carbons (Fsp3) is 0.308. The molecule has 5 nitrogen and oxygen atoms in total. The van der Waals surface area contributed by atoms with E-state index in [2.05, 4.69) is 37.9 Å². The number of hydrogen-bond acceptors (Lipinski definition) is 5. The van der Waals surface area contributed by atoms with Gasteiger partial charge in [-0.05, 0) is 18.4 Å². The highest BCUT2D eigenvalue weighted by Crippen LogP contribution is 2.23. The van der Waals surface area contributed by atoms with E-state index < -0.39 is 0 Å². The van der Waals surface area contributed by atoms with Gasteiger partial charge >= 0.3 is 0 Å². The molecule has 0 spiro atoms. The van der Waals surface area contributed by atoms with Gasteiger partial charge in [0.05, 0.1) is 6.20 Å². The lowest BCUT2D eigenvalue weighted by Gasteiger charge is -2.06. The van der Waals surface area contributed by atoms with Crippen molar-refractivity contribution in [1.82, 2.24) is 15.2 Å². The monoisotopic (exact) mass is 241 g/mol. The lowest BCUT2D eigenvalue weighted by Crippen LogP contribution is -2.08. The number of anilines is 2. The Hall–Kier alpha value is -2.17. The van der Waals surface area contributed by atoms with Crippen LogP contribution in [0.2, 0.25) is 0 Å². The largest absolute Gasteiger partial charge is 0.366 e. The van der Waals surface area contributed by atoms with Crippen LogP contribution < -0.4 is 10.6 Å². The van der Waals surface area contributed by atoms with Crippen molar-refractivity contribution in [3.05, 3.63) is 42.1 Å². The van der Waals surface area contributed by atoms with E-state index >= 15 is 0 Å². The summed E-state index contributed by atoms with van der Waals surface area (Å²) in [6, 6.07) is 10.7. The van der Waals surface area contributed by atoms with Crippen LogP contribution in [0.15, 0.2) is 36.5 Å². The van der Waals surface area contributed by atoms with Gasteiger partial charge in [-0.2, -0.15) is 10.1 Å². The van der Waals surface area contributed by atoms with E-state index in [4.69, 9.17) is 0 Å². The van der Waals surface area contributed by atoms with Crippen LogP contribution in [0, 0.1) is 0 Å². The van der Waals surface area contributed by atoms with Gasteiger partial charge in [0.1, 0.15) is 0 Å². The van der Waals surface area contributed by atoms with Gasteiger partial charge in [-0.15, -0.1) is 5.10 Å². The zero-order valence-electron chi connectivity index (χ0n) is 10.0. The molecule has 0 aliphatic heterocycles. The first-order valence-electron chi connectivity index (χ1n) is 6.14. The Morgan fingerprint density at radius 3 is 2.78 bits per heavy atom. The second-order valence-electron chi connectivity index (χ2n) is 4.42. The molecule has 18 heavy (non-hydrogen) atoms. The Morgan fingerprint density at radius 1 is 1.17 bits per heavy atom. The van der Waals surface area contributed by atoms with Gasteiger partial charge in [0.25, 0.3) is 0 Å². The maximum absolute atomic E-state index is 4.37. The summed E-state index contributed by atoms with van der Waals surface area (Å²) < 4.78 is 0. The van der Waals surface area contributed by atoms with Crippen LogP contribution >= 0.6 is 0 Å².